The summed E-state index contributed by atoms with van der Waals surface area (Å²) >= 11 is 0. The zero-order valence-corrected chi connectivity index (χ0v) is 16.1. The third-order valence-electron chi connectivity index (χ3n) is 3.92. The molecule has 0 amide bonds. The molecule has 0 aromatic heterocycles. The molecule has 0 spiro atoms. The van der Waals surface area contributed by atoms with E-state index in [4.69, 9.17) is 4.74 Å². The number of anilines is 1. The molecular formula is C21H19N5O4. The normalized spacial score (nSPS) is 11.1. The van der Waals surface area contributed by atoms with Gasteiger partial charge in [0.1, 0.15) is 11.5 Å². The van der Waals surface area contributed by atoms with Crippen LogP contribution in [0.1, 0.15) is 12.5 Å². The van der Waals surface area contributed by atoms with Crippen LogP contribution in [0.4, 0.5) is 22.7 Å². The lowest BCUT2D eigenvalue weighted by Gasteiger charge is -2.02. The zero-order chi connectivity index (χ0) is 21.3. The first-order valence-corrected chi connectivity index (χ1v) is 9.06. The Morgan fingerprint density at radius 3 is 2.37 bits per heavy atom. The number of nitro groups is 1. The Bertz CT molecular complexity index is 1060. The standard InChI is InChI=1S/C21H19N5O4/c1-2-30-20-10-5-17(6-11-20)24-25-18-7-12-21(27)15(13-18)14-22-23-16-3-8-19(9-4-16)26(28)29/h3-14,23,27H,2H2,1H3/b22-14-,25-24?. The minimum atomic E-state index is -0.474. The highest BCUT2D eigenvalue weighted by Crippen LogP contribution is 2.25. The van der Waals surface area contributed by atoms with E-state index in [9.17, 15) is 15.2 Å². The summed E-state index contributed by atoms with van der Waals surface area (Å²) < 4.78 is 5.39. The summed E-state index contributed by atoms with van der Waals surface area (Å²) in [7, 11) is 0. The van der Waals surface area contributed by atoms with Gasteiger partial charge in [0.25, 0.3) is 5.69 Å². The summed E-state index contributed by atoms with van der Waals surface area (Å²) in [5, 5.41) is 33.1. The van der Waals surface area contributed by atoms with E-state index in [2.05, 4.69) is 20.8 Å². The fraction of sp³-hybridized carbons (Fsp3) is 0.0952. The smallest absolute Gasteiger partial charge is 0.269 e. The van der Waals surface area contributed by atoms with Crippen molar-refractivity contribution in [1.29, 1.82) is 0 Å². The number of hydrogen-bond acceptors (Lipinski definition) is 8. The highest BCUT2D eigenvalue weighted by molar-refractivity contribution is 5.85. The molecule has 30 heavy (non-hydrogen) atoms. The number of nitro benzene ring substituents is 1. The maximum absolute atomic E-state index is 10.7. The van der Waals surface area contributed by atoms with Crippen molar-refractivity contribution >= 4 is 29.0 Å². The van der Waals surface area contributed by atoms with Gasteiger partial charge in [-0.05, 0) is 61.5 Å². The topological polar surface area (TPSA) is 122 Å². The Balaban J connectivity index is 1.66. The van der Waals surface area contributed by atoms with Crippen molar-refractivity contribution < 1.29 is 14.8 Å². The van der Waals surface area contributed by atoms with Crippen LogP contribution in [0.25, 0.3) is 0 Å². The maximum Gasteiger partial charge on any atom is 0.269 e. The van der Waals surface area contributed by atoms with E-state index in [0.717, 1.165) is 5.75 Å². The van der Waals surface area contributed by atoms with Crippen LogP contribution in [0.15, 0.2) is 82.1 Å². The lowest BCUT2D eigenvalue weighted by Crippen LogP contribution is -1.92. The van der Waals surface area contributed by atoms with Crippen LogP contribution in [0, 0.1) is 10.1 Å². The number of benzene rings is 3. The van der Waals surface area contributed by atoms with Crippen molar-refractivity contribution in [2.45, 2.75) is 6.92 Å². The van der Waals surface area contributed by atoms with E-state index >= 15 is 0 Å². The van der Waals surface area contributed by atoms with Crippen LogP contribution >= 0.6 is 0 Å². The van der Waals surface area contributed by atoms with Crippen LogP contribution in [0.5, 0.6) is 11.5 Å². The number of aromatic hydroxyl groups is 1. The second-order valence-electron chi connectivity index (χ2n) is 6.04. The van der Waals surface area contributed by atoms with Gasteiger partial charge < -0.3 is 9.84 Å². The Kier molecular flexibility index (Phi) is 6.67. The zero-order valence-electron chi connectivity index (χ0n) is 16.1. The fourth-order valence-electron chi connectivity index (χ4n) is 2.43. The van der Waals surface area contributed by atoms with Crippen molar-refractivity contribution in [3.8, 4) is 11.5 Å². The molecule has 9 nitrogen and oxygen atoms in total. The van der Waals surface area contributed by atoms with Crippen molar-refractivity contribution in [2.75, 3.05) is 12.0 Å². The maximum atomic E-state index is 10.7. The van der Waals surface area contributed by atoms with Crippen LogP contribution in [-0.2, 0) is 0 Å². The number of nitrogens with zero attached hydrogens (tertiary/aromatic N) is 4. The van der Waals surface area contributed by atoms with Crippen molar-refractivity contribution in [3.05, 3.63) is 82.4 Å². The van der Waals surface area contributed by atoms with Gasteiger partial charge in [-0.1, -0.05) is 0 Å². The molecule has 2 N–H and O–H groups in total. The predicted molar refractivity (Wildman–Crippen MR) is 114 cm³/mol. The number of phenolic OH excluding ortho intramolecular Hbond substituents is 1. The van der Waals surface area contributed by atoms with Crippen LogP contribution in [-0.4, -0.2) is 22.9 Å². The summed E-state index contributed by atoms with van der Waals surface area (Å²) in [4.78, 5) is 10.2. The first-order valence-electron chi connectivity index (χ1n) is 9.06. The number of hydrogen-bond donors (Lipinski definition) is 2. The van der Waals surface area contributed by atoms with Gasteiger partial charge in [-0.2, -0.15) is 15.3 Å². The number of ether oxygens (including phenoxy) is 1. The number of phenols is 1. The molecule has 3 aromatic carbocycles. The number of hydrazone groups is 1. The number of nitrogens with one attached hydrogen (secondary N) is 1. The van der Waals surface area contributed by atoms with Gasteiger partial charge in [-0.3, -0.25) is 15.5 Å². The first-order chi connectivity index (χ1) is 14.5. The molecule has 0 fully saturated rings. The second-order valence-corrected chi connectivity index (χ2v) is 6.04. The van der Waals surface area contributed by atoms with E-state index in [0.29, 0.717) is 29.2 Å². The molecule has 9 heteroatoms. The van der Waals surface area contributed by atoms with Gasteiger partial charge in [0.2, 0.25) is 0 Å². The Morgan fingerprint density at radius 1 is 1.03 bits per heavy atom. The fourth-order valence-corrected chi connectivity index (χ4v) is 2.43. The summed E-state index contributed by atoms with van der Waals surface area (Å²) in [5.41, 5.74) is 4.96. The summed E-state index contributed by atoms with van der Waals surface area (Å²) in [6, 6.07) is 17.8. The quantitative estimate of drug-likeness (QED) is 0.220. The third-order valence-corrected chi connectivity index (χ3v) is 3.92. The van der Waals surface area contributed by atoms with E-state index in [1.165, 1.54) is 36.5 Å². The Morgan fingerprint density at radius 2 is 1.70 bits per heavy atom. The van der Waals surface area contributed by atoms with Crippen LogP contribution < -0.4 is 10.2 Å². The average Bonchev–Trinajstić information content (AvgIpc) is 2.75. The van der Waals surface area contributed by atoms with Crippen molar-refractivity contribution in [2.24, 2.45) is 15.3 Å². The molecule has 3 aromatic rings. The SMILES string of the molecule is CCOc1ccc(N=Nc2ccc(O)c(/C=N\Nc3ccc([N+](=O)[O-])cc3)c2)cc1. The molecule has 0 radical (unpaired) electrons. The minimum Gasteiger partial charge on any atom is -0.507 e. The average molecular weight is 405 g/mol. The van der Waals surface area contributed by atoms with Crippen LogP contribution in [0.2, 0.25) is 0 Å². The monoisotopic (exact) mass is 405 g/mol. The summed E-state index contributed by atoms with van der Waals surface area (Å²) in [5.74, 6) is 0.796. The molecule has 0 aliphatic rings. The molecule has 152 valence electrons. The molecule has 0 bridgehead atoms. The molecule has 3 rings (SSSR count). The molecule has 0 unspecified atom stereocenters. The first kappa shape index (κ1) is 20.5. The molecule has 0 atom stereocenters. The second kappa shape index (κ2) is 9.78. The molecule has 0 aliphatic heterocycles. The van der Waals surface area contributed by atoms with Gasteiger partial charge in [0.05, 0.1) is 34.8 Å². The highest BCUT2D eigenvalue weighted by atomic mass is 16.6. The predicted octanol–water partition coefficient (Wildman–Crippen LogP) is 5.56. The summed E-state index contributed by atoms with van der Waals surface area (Å²) in [6.07, 6.45) is 1.42. The van der Waals surface area contributed by atoms with Crippen molar-refractivity contribution in [3.63, 3.8) is 0 Å². The largest absolute Gasteiger partial charge is 0.507 e. The number of non-ortho nitro benzene ring substituents is 1. The number of rotatable bonds is 8. The van der Waals surface area contributed by atoms with Gasteiger partial charge in [-0.15, -0.1) is 0 Å². The molecule has 0 aliphatic carbocycles. The van der Waals surface area contributed by atoms with E-state index < -0.39 is 4.92 Å². The van der Waals surface area contributed by atoms with E-state index in [-0.39, 0.29) is 11.4 Å². The lowest BCUT2D eigenvalue weighted by molar-refractivity contribution is -0.384. The number of azo groups is 1. The van der Waals surface area contributed by atoms with Gasteiger partial charge in [-0.25, -0.2) is 0 Å². The lowest BCUT2D eigenvalue weighted by atomic mass is 10.2. The molecule has 0 saturated heterocycles. The van der Waals surface area contributed by atoms with E-state index in [1.807, 2.05) is 19.1 Å². The van der Waals surface area contributed by atoms with Gasteiger partial charge in [0.15, 0.2) is 0 Å². The van der Waals surface area contributed by atoms with Crippen LogP contribution in [0.3, 0.4) is 0 Å². The highest BCUT2D eigenvalue weighted by Gasteiger charge is 2.04. The van der Waals surface area contributed by atoms with Gasteiger partial charge in [0, 0.05) is 17.7 Å². The molecule has 0 heterocycles. The minimum absolute atomic E-state index is 0.00670. The Labute approximate surface area is 172 Å². The van der Waals surface area contributed by atoms with E-state index in [1.54, 1.807) is 24.3 Å². The summed E-state index contributed by atoms with van der Waals surface area (Å²) in [6.45, 7) is 2.51. The van der Waals surface area contributed by atoms with Crippen molar-refractivity contribution in [1.82, 2.24) is 0 Å². The third kappa shape index (κ3) is 5.61. The molecule has 0 saturated carbocycles. The van der Waals surface area contributed by atoms with Gasteiger partial charge >= 0.3 is 0 Å². The Hall–Kier alpha value is -4.27. The molecular weight excluding hydrogens is 386 g/mol.